The zero-order valence-electron chi connectivity index (χ0n) is 12.3. The normalized spacial score (nSPS) is 10.8. The number of anilines is 1. The molecule has 0 aliphatic rings. The zero-order valence-corrected chi connectivity index (χ0v) is 13.1. The van der Waals surface area contributed by atoms with Crippen molar-refractivity contribution in [3.05, 3.63) is 72.8 Å². The van der Waals surface area contributed by atoms with Crippen LogP contribution in [-0.2, 0) is 6.54 Å². The van der Waals surface area contributed by atoms with Crippen molar-refractivity contribution in [2.45, 2.75) is 6.54 Å². The van der Waals surface area contributed by atoms with Gasteiger partial charge in [-0.2, -0.15) is 0 Å². The summed E-state index contributed by atoms with van der Waals surface area (Å²) >= 11 is 1.71. The number of thiophene rings is 1. The van der Waals surface area contributed by atoms with Gasteiger partial charge in [0, 0.05) is 23.8 Å². The van der Waals surface area contributed by atoms with Crippen molar-refractivity contribution in [2.75, 3.05) is 5.32 Å². The molecule has 0 aliphatic heterocycles. The molecule has 0 bridgehead atoms. The Bertz CT molecular complexity index is 920. The van der Waals surface area contributed by atoms with Crippen LogP contribution in [0.1, 0.15) is 5.56 Å². The van der Waals surface area contributed by atoms with Gasteiger partial charge in [0.1, 0.15) is 12.1 Å². The van der Waals surface area contributed by atoms with Gasteiger partial charge in [0.15, 0.2) is 0 Å². The molecule has 4 rings (SSSR count). The molecular weight excluding hydrogens is 304 g/mol. The van der Waals surface area contributed by atoms with Crippen LogP contribution in [0.25, 0.3) is 20.7 Å². The van der Waals surface area contributed by atoms with Gasteiger partial charge in [-0.05, 0) is 29.3 Å². The van der Waals surface area contributed by atoms with Gasteiger partial charge < -0.3 is 5.32 Å². The Morgan fingerprint density at radius 2 is 1.78 bits per heavy atom. The monoisotopic (exact) mass is 318 g/mol. The van der Waals surface area contributed by atoms with Gasteiger partial charge in [0.2, 0.25) is 0 Å². The fraction of sp³-hybridized carbons (Fsp3) is 0.0556. The van der Waals surface area contributed by atoms with E-state index in [1.54, 1.807) is 30.1 Å². The predicted octanol–water partition coefficient (Wildman–Crippen LogP) is 4.37. The van der Waals surface area contributed by atoms with Crippen molar-refractivity contribution in [1.29, 1.82) is 0 Å². The molecule has 0 spiro atoms. The molecule has 0 fully saturated rings. The molecule has 112 valence electrons. The Morgan fingerprint density at radius 3 is 2.61 bits per heavy atom. The molecule has 4 nitrogen and oxygen atoms in total. The number of benzene rings is 1. The van der Waals surface area contributed by atoms with Crippen LogP contribution in [0, 0.1) is 0 Å². The molecule has 0 aliphatic carbocycles. The number of nitrogens with zero attached hydrogens (tertiary/aromatic N) is 3. The Labute approximate surface area is 137 Å². The van der Waals surface area contributed by atoms with Crippen molar-refractivity contribution < 1.29 is 0 Å². The van der Waals surface area contributed by atoms with Crippen molar-refractivity contribution in [3.63, 3.8) is 0 Å². The molecule has 3 heterocycles. The number of pyridine rings is 1. The Morgan fingerprint density at radius 1 is 0.957 bits per heavy atom. The van der Waals surface area contributed by atoms with Crippen molar-refractivity contribution >= 4 is 27.4 Å². The van der Waals surface area contributed by atoms with E-state index < -0.39 is 0 Å². The van der Waals surface area contributed by atoms with Crippen LogP contribution in [0.2, 0.25) is 0 Å². The molecule has 1 N–H and O–H groups in total. The third-order valence-corrected chi connectivity index (χ3v) is 4.76. The second-order valence-corrected chi connectivity index (χ2v) is 6.17. The lowest BCUT2D eigenvalue weighted by Gasteiger charge is -2.05. The van der Waals surface area contributed by atoms with Gasteiger partial charge in [-0.3, -0.25) is 4.98 Å². The van der Waals surface area contributed by atoms with Gasteiger partial charge in [0.05, 0.1) is 10.2 Å². The van der Waals surface area contributed by atoms with Crippen LogP contribution in [-0.4, -0.2) is 15.0 Å². The van der Waals surface area contributed by atoms with Crippen LogP contribution in [0.5, 0.6) is 0 Å². The SMILES string of the molecule is c1ccc(-c2cc3ncnc(NCc4ccncc4)c3s2)cc1. The second-order valence-electron chi connectivity index (χ2n) is 5.12. The molecule has 0 radical (unpaired) electrons. The van der Waals surface area contributed by atoms with E-state index in [0.717, 1.165) is 16.0 Å². The fourth-order valence-corrected chi connectivity index (χ4v) is 3.49. The van der Waals surface area contributed by atoms with Crippen LogP contribution < -0.4 is 5.32 Å². The third-order valence-electron chi connectivity index (χ3n) is 3.58. The molecule has 0 amide bonds. The first-order valence-electron chi connectivity index (χ1n) is 7.33. The quantitative estimate of drug-likeness (QED) is 0.607. The lowest BCUT2D eigenvalue weighted by molar-refractivity contribution is 1.09. The summed E-state index contributed by atoms with van der Waals surface area (Å²) in [6.07, 6.45) is 5.20. The van der Waals surface area contributed by atoms with Crippen LogP contribution in [0.15, 0.2) is 67.3 Å². The van der Waals surface area contributed by atoms with Gasteiger partial charge in [-0.25, -0.2) is 9.97 Å². The first-order chi connectivity index (χ1) is 11.4. The van der Waals surface area contributed by atoms with E-state index in [4.69, 9.17) is 0 Å². The maximum atomic E-state index is 4.40. The van der Waals surface area contributed by atoms with Gasteiger partial charge in [-0.1, -0.05) is 30.3 Å². The number of hydrogen-bond acceptors (Lipinski definition) is 5. The van der Waals surface area contributed by atoms with E-state index in [2.05, 4.69) is 38.5 Å². The highest BCUT2D eigenvalue weighted by molar-refractivity contribution is 7.22. The molecule has 0 saturated heterocycles. The number of aromatic nitrogens is 3. The lowest BCUT2D eigenvalue weighted by atomic mass is 10.2. The fourth-order valence-electron chi connectivity index (χ4n) is 2.41. The van der Waals surface area contributed by atoms with Gasteiger partial charge in [-0.15, -0.1) is 11.3 Å². The average Bonchev–Trinajstić information content (AvgIpc) is 3.06. The smallest absolute Gasteiger partial charge is 0.147 e. The van der Waals surface area contributed by atoms with Crippen molar-refractivity contribution in [2.24, 2.45) is 0 Å². The van der Waals surface area contributed by atoms with E-state index in [1.165, 1.54) is 16.0 Å². The molecule has 23 heavy (non-hydrogen) atoms. The largest absolute Gasteiger partial charge is 0.365 e. The lowest BCUT2D eigenvalue weighted by Crippen LogP contribution is -2.01. The number of rotatable bonds is 4. The average molecular weight is 318 g/mol. The van der Waals surface area contributed by atoms with E-state index in [1.807, 2.05) is 30.3 Å². The molecule has 0 unspecified atom stereocenters. The number of nitrogens with one attached hydrogen (secondary N) is 1. The molecular formula is C18H14N4S. The zero-order chi connectivity index (χ0) is 15.5. The summed E-state index contributed by atoms with van der Waals surface area (Å²) in [6.45, 7) is 0.715. The summed E-state index contributed by atoms with van der Waals surface area (Å²) < 4.78 is 1.08. The van der Waals surface area contributed by atoms with E-state index in [-0.39, 0.29) is 0 Å². The van der Waals surface area contributed by atoms with Crippen LogP contribution in [0.4, 0.5) is 5.82 Å². The molecule has 0 atom stereocenters. The minimum absolute atomic E-state index is 0.715. The third kappa shape index (κ3) is 2.91. The minimum atomic E-state index is 0.715. The highest BCUT2D eigenvalue weighted by atomic mass is 32.1. The van der Waals surface area contributed by atoms with Gasteiger partial charge in [0.25, 0.3) is 0 Å². The summed E-state index contributed by atoms with van der Waals surface area (Å²) in [6, 6.07) is 16.5. The number of fused-ring (bicyclic) bond motifs is 1. The second kappa shape index (κ2) is 6.14. The summed E-state index contributed by atoms with van der Waals surface area (Å²) in [5.74, 6) is 0.874. The van der Waals surface area contributed by atoms with E-state index >= 15 is 0 Å². The molecule has 4 aromatic rings. The highest BCUT2D eigenvalue weighted by Gasteiger charge is 2.10. The first-order valence-corrected chi connectivity index (χ1v) is 8.14. The topological polar surface area (TPSA) is 50.7 Å². The summed E-state index contributed by atoms with van der Waals surface area (Å²) in [5.41, 5.74) is 3.35. The number of hydrogen-bond donors (Lipinski definition) is 1. The molecule has 5 heteroatoms. The molecule has 0 saturated carbocycles. The Kier molecular flexibility index (Phi) is 3.70. The molecule has 1 aromatic carbocycles. The van der Waals surface area contributed by atoms with Crippen LogP contribution in [0.3, 0.4) is 0 Å². The summed E-state index contributed by atoms with van der Waals surface area (Å²) in [5, 5.41) is 3.40. The summed E-state index contributed by atoms with van der Waals surface area (Å²) in [4.78, 5) is 14.0. The highest BCUT2D eigenvalue weighted by Crippen LogP contribution is 2.35. The maximum absolute atomic E-state index is 4.40. The minimum Gasteiger partial charge on any atom is -0.365 e. The first kappa shape index (κ1) is 13.8. The molecule has 3 aromatic heterocycles. The standard InChI is InChI=1S/C18H14N4S/c1-2-4-14(5-3-1)16-10-15-17(23-16)18(22-12-21-15)20-11-13-6-8-19-9-7-13/h1-10,12H,11H2,(H,20,21,22). The predicted molar refractivity (Wildman–Crippen MR) is 94.4 cm³/mol. The van der Waals surface area contributed by atoms with Crippen LogP contribution >= 0.6 is 11.3 Å². The van der Waals surface area contributed by atoms with Crippen molar-refractivity contribution in [1.82, 2.24) is 15.0 Å². The summed E-state index contributed by atoms with van der Waals surface area (Å²) in [7, 11) is 0. The van der Waals surface area contributed by atoms with E-state index in [0.29, 0.717) is 6.54 Å². The van der Waals surface area contributed by atoms with Crippen molar-refractivity contribution in [3.8, 4) is 10.4 Å². The Balaban J connectivity index is 1.66. The maximum Gasteiger partial charge on any atom is 0.147 e. The van der Waals surface area contributed by atoms with E-state index in [9.17, 15) is 0 Å². The van der Waals surface area contributed by atoms with Gasteiger partial charge >= 0.3 is 0 Å². The Hall–Kier alpha value is -2.79.